The van der Waals surface area contributed by atoms with Crippen LogP contribution >= 0.6 is 11.3 Å². The lowest BCUT2D eigenvalue weighted by molar-refractivity contribution is -0.117. The molecular weight excluding hydrogens is 376 g/mol. The van der Waals surface area contributed by atoms with Gasteiger partial charge in [-0.15, -0.1) is 11.3 Å². The second-order valence-electron chi connectivity index (χ2n) is 8.20. The zero-order chi connectivity index (χ0) is 20.1. The number of hydrogen-bond acceptors (Lipinski definition) is 4. The predicted octanol–water partition coefficient (Wildman–Crippen LogP) is 3.05. The average Bonchev–Trinajstić information content (AvgIpc) is 3.35. The van der Waals surface area contributed by atoms with E-state index in [1.165, 1.54) is 11.3 Å². The molecule has 1 aliphatic carbocycles. The normalized spacial score (nSPS) is 19.4. The number of likely N-dealkylation sites (tertiary alicyclic amines) is 1. The van der Waals surface area contributed by atoms with Crippen molar-refractivity contribution in [1.29, 1.82) is 0 Å². The topological polar surface area (TPSA) is 90.5 Å². The van der Waals surface area contributed by atoms with Crippen LogP contribution in [-0.2, 0) is 4.79 Å². The number of anilines is 1. The van der Waals surface area contributed by atoms with Gasteiger partial charge in [-0.25, -0.2) is 4.79 Å². The first-order valence-electron chi connectivity index (χ1n) is 10.1. The molecule has 3 N–H and O–H groups in total. The van der Waals surface area contributed by atoms with Gasteiger partial charge < -0.3 is 20.9 Å². The smallest absolute Gasteiger partial charge is 0.317 e. The van der Waals surface area contributed by atoms with E-state index in [1.54, 1.807) is 6.07 Å². The minimum absolute atomic E-state index is 0.0453. The number of urea groups is 1. The maximum absolute atomic E-state index is 12.5. The van der Waals surface area contributed by atoms with Gasteiger partial charge in [0, 0.05) is 32.1 Å². The third-order valence-electron chi connectivity index (χ3n) is 5.02. The molecule has 7 nitrogen and oxygen atoms in total. The summed E-state index contributed by atoms with van der Waals surface area (Å²) in [5.41, 5.74) is 0.531. The second-order valence-corrected chi connectivity index (χ2v) is 9.11. The highest BCUT2D eigenvalue weighted by Crippen LogP contribution is 2.27. The standard InChI is InChI=1S/C20H30N4O3S/c1-13(2)11-21-20(27)24-8-3-4-14(12-24)10-17(25)23-19-16(7-9-28-19)18(26)22-15-5-6-15/h7,9,13-15H,3-6,8,10-12H2,1-2H3,(H,21,27)(H,22,26)(H,23,25)/t14-/m1/s1. The van der Waals surface area contributed by atoms with Gasteiger partial charge in [-0.3, -0.25) is 9.59 Å². The van der Waals surface area contributed by atoms with Crippen LogP contribution in [0.15, 0.2) is 11.4 Å². The Bertz CT molecular complexity index is 714. The molecule has 4 amide bonds. The maximum atomic E-state index is 12.5. The van der Waals surface area contributed by atoms with Gasteiger partial charge >= 0.3 is 6.03 Å². The van der Waals surface area contributed by atoms with Gasteiger partial charge in [0.1, 0.15) is 5.00 Å². The van der Waals surface area contributed by atoms with Crippen molar-refractivity contribution < 1.29 is 14.4 Å². The molecule has 154 valence electrons. The fraction of sp³-hybridized carbons (Fsp3) is 0.650. The molecule has 0 bridgehead atoms. The molecule has 0 spiro atoms. The molecule has 0 aromatic carbocycles. The molecule has 0 unspecified atom stereocenters. The number of nitrogens with zero attached hydrogens (tertiary/aromatic N) is 1. The van der Waals surface area contributed by atoms with E-state index < -0.39 is 0 Å². The third-order valence-corrected chi connectivity index (χ3v) is 5.85. The summed E-state index contributed by atoms with van der Waals surface area (Å²) in [6.07, 6.45) is 4.25. The van der Waals surface area contributed by atoms with Crippen LogP contribution < -0.4 is 16.0 Å². The van der Waals surface area contributed by atoms with Crippen LogP contribution in [0.3, 0.4) is 0 Å². The van der Waals surface area contributed by atoms with Gasteiger partial charge in [0.15, 0.2) is 0 Å². The van der Waals surface area contributed by atoms with E-state index in [1.807, 2.05) is 10.3 Å². The highest BCUT2D eigenvalue weighted by atomic mass is 32.1. The molecular formula is C20H30N4O3S. The van der Waals surface area contributed by atoms with Crippen LogP contribution in [0.5, 0.6) is 0 Å². The molecule has 1 saturated heterocycles. The zero-order valence-corrected chi connectivity index (χ0v) is 17.4. The summed E-state index contributed by atoms with van der Waals surface area (Å²) in [5, 5.41) is 11.2. The number of rotatable bonds is 7. The highest BCUT2D eigenvalue weighted by Gasteiger charge is 2.27. The van der Waals surface area contributed by atoms with E-state index in [-0.39, 0.29) is 29.8 Å². The fourth-order valence-electron chi connectivity index (χ4n) is 3.33. The molecule has 2 aliphatic rings. The van der Waals surface area contributed by atoms with Crippen molar-refractivity contribution in [2.45, 2.75) is 52.0 Å². The molecule has 2 heterocycles. The Hall–Kier alpha value is -2.09. The summed E-state index contributed by atoms with van der Waals surface area (Å²) in [7, 11) is 0. The minimum atomic E-state index is -0.121. The monoisotopic (exact) mass is 406 g/mol. The van der Waals surface area contributed by atoms with Crippen LogP contribution in [0.25, 0.3) is 0 Å². The molecule has 3 rings (SSSR count). The largest absolute Gasteiger partial charge is 0.349 e. The second kappa shape index (κ2) is 9.41. The minimum Gasteiger partial charge on any atom is -0.349 e. The summed E-state index contributed by atoms with van der Waals surface area (Å²) in [4.78, 5) is 38.9. The number of hydrogen-bond donors (Lipinski definition) is 3. The number of amides is 4. The number of carbonyl (C=O) groups excluding carboxylic acids is 3. The molecule has 1 aromatic rings. The van der Waals surface area contributed by atoms with Crippen molar-refractivity contribution in [3.63, 3.8) is 0 Å². The number of piperidine rings is 1. The predicted molar refractivity (Wildman–Crippen MR) is 111 cm³/mol. The molecule has 2 fully saturated rings. The van der Waals surface area contributed by atoms with Gasteiger partial charge in [-0.05, 0) is 49.0 Å². The maximum Gasteiger partial charge on any atom is 0.317 e. The van der Waals surface area contributed by atoms with Gasteiger partial charge in [-0.1, -0.05) is 13.8 Å². The van der Waals surface area contributed by atoms with E-state index in [2.05, 4.69) is 29.8 Å². The lowest BCUT2D eigenvalue weighted by Gasteiger charge is -2.32. The van der Waals surface area contributed by atoms with E-state index in [4.69, 9.17) is 0 Å². The van der Waals surface area contributed by atoms with Crippen molar-refractivity contribution in [3.8, 4) is 0 Å². The van der Waals surface area contributed by atoms with Gasteiger partial charge in [0.25, 0.3) is 5.91 Å². The quantitative estimate of drug-likeness (QED) is 0.650. The van der Waals surface area contributed by atoms with Crippen molar-refractivity contribution in [2.75, 3.05) is 25.0 Å². The first kappa shape index (κ1) is 20.6. The molecule has 28 heavy (non-hydrogen) atoms. The highest BCUT2D eigenvalue weighted by molar-refractivity contribution is 7.14. The van der Waals surface area contributed by atoms with Crippen LogP contribution in [0, 0.1) is 11.8 Å². The first-order valence-corrected chi connectivity index (χ1v) is 11.0. The molecule has 1 aliphatic heterocycles. The lowest BCUT2D eigenvalue weighted by atomic mass is 9.94. The van der Waals surface area contributed by atoms with Crippen molar-refractivity contribution in [2.24, 2.45) is 11.8 Å². The summed E-state index contributed by atoms with van der Waals surface area (Å²) in [5.74, 6) is 0.330. The van der Waals surface area contributed by atoms with Crippen molar-refractivity contribution >= 4 is 34.2 Å². The summed E-state index contributed by atoms with van der Waals surface area (Å²) in [6.45, 7) is 6.11. The molecule has 0 radical (unpaired) electrons. The Labute approximate surface area is 170 Å². The van der Waals surface area contributed by atoms with Crippen LogP contribution in [-0.4, -0.2) is 48.4 Å². The third kappa shape index (κ3) is 5.95. The molecule has 1 atom stereocenters. The Morgan fingerprint density at radius 3 is 2.75 bits per heavy atom. The Kier molecular flexibility index (Phi) is 6.93. The lowest BCUT2D eigenvalue weighted by Crippen LogP contribution is -2.46. The zero-order valence-electron chi connectivity index (χ0n) is 16.6. The number of thiophene rings is 1. The van der Waals surface area contributed by atoms with Crippen LogP contribution in [0.4, 0.5) is 9.80 Å². The molecule has 1 saturated carbocycles. The summed E-state index contributed by atoms with van der Waals surface area (Å²) >= 11 is 1.36. The number of nitrogens with one attached hydrogen (secondary N) is 3. The fourth-order valence-corrected chi connectivity index (χ4v) is 4.14. The van der Waals surface area contributed by atoms with Crippen LogP contribution in [0.2, 0.25) is 0 Å². The average molecular weight is 407 g/mol. The van der Waals surface area contributed by atoms with Gasteiger partial charge in [0.2, 0.25) is 5.91 Å². The summed E-state index contributed by atoms with van der Waals surface area (Å²) < 4.78 is 0. The Balaban J connectivity index is 1.48. The van der Waals surface area contributed by atoms with E-state index in [0.29, 0.717) is 36.0 Å². The Morgan fingerprint density at radius 2 is 2.04 bits per heavy atom. The Morgan fingerprint density at radius 1 is 1.25 bits per heavy atom. The molecule has 1 aromatic heterocycles. The number of carbonyl (C=O) groups is 3. The van der Waals surface area contributed by atoms with Crippen molar-refractivity contribution in [3.05, 3.63) is 17.0 Å². The summed E-state index contributed by atoms with van der Waals surface area (Å²) in [6, 6.07) is 1.99. The van der Waals surface area contributed by atoms with E-state index in [0.717, 1.165) is 32.2 Å². The van der Waals surface area contributed by atoms with E-state index in [9.17, 15) is 14.4 Å². The molecule has 8 heteroatoms. The van der Waals surface area contributed by atoms with Gasteiger partial charge in [-0.2, -0.15) is 0 Å². The van der Waals surface area contributed by atoms with Crippen LogP contribution in [0.1, 0.15) is 56.3 Å². The SMILES string of the molecule is CC(C)CNC(=O)N1CCC[C@H](CC(=O)Nc2sccc2C(=O)NC2CC2)C1. The van der Waals surface area contributed by atoms with Gasteiger partial charge in [0.05, 0.1) is 5.56 Å². The van der Waals surface area contributed by atoms with E-state index >= 15 is 0 Å². The first-order chi connectivity index (χ1) is 13.4. The van der Waals surface area contributed by atoms with Crippen molar-refractivity contribution in [1.82, 2.24) is 15.5 Å².